The summed E-state index contributed by atoms with van der Waals surface area (Å²) in [6, 6.07) is 0. The number of hydrogen-bond acceptors (Lipinski definition) is 5. The Kier molecular flexibility index (Phi) is 4.85. The van der Waals surface area contributed by atoms with Crippen molar-refractivity contribution in [1.82, 2.24) is 9.55 Å². The molecule has 0 radical (unpaired) electrons. The van der Waals surface area contributed by atoms with Crippen LogP contribution in [0.4, 0.5) is 0 Å². The van der Waals surface area contributed by atoms with Crippen molar-refractivity contribution in [3.05, 3.63) is 47.1 Å². The molecule has 0 atom stereocenters. The summed E-state index contributed by atoms with van der Waals surface area (Å²) in [5, 5.41) is 5.12. The molecule has 6 heteroatoms. The summed E-state index contributed by atoms with van der Waals surface area (Å²) >= 11 is 1.73. The van der Waals surface area contributed by atoms with Gasteiger partial charge >= 0.3 is 0 Å². The SMILES string of the molecule is CON=C1C=CC(SC(=C2OCCC2(C)C)n2ccnc2)=C(C)C1. The summed E-state index contributed by atoms with van der Waals surface area (Å²) in [6.07, 6.45) is 11.5. The van der Waals surface area contributed by atoms with Crippen LogP contribution < -0.4 is 0 Å². The van der Waals surface area contributed by atoms with E-state index in [2.05, 4.69) is 37.0 Å². The summed E-state index contributed by atoms with van der Waals surface area (Å²) < 4.78 is 8.05. The van der Waals surface area contributed by atoms with Gasteiger partial charge in [-0.25, -0.2) is 4.98 Å². The third kappa shape index (κ3) is 3.43. The minimum Gasteiger partial charge on any atom is -0.495 e. The molecule has 1 aromatic rings. The molecule has 1 saturated heterocycles. The molecule has 0 spiro atoms. The quantitative estimate of drug-likeness (QED) is 0.758. The van der Waals surface area contributed by atoms with Gasteiger partial charge in [-0.05, 0) is 25.5 Å². The Morgan fingerprint density at radius 3 is 2.83 bits per heavy atom. The van der Waals surface area contributed by atoms with Crippen molar-refractivity contribution in [3.8, 4) is 0 Å². The van der Waals surface area contributed by atoms with Gasteiger partial charge in [-0.3, -0.25) is 4.57 Å². The fourth-order valence-electron chi connectivity index (χ4n) is 2.80. The lowest BCUT2D eigenvalue weighted by atomic mass is 9.90. The van der Waals surface area contributed by atoms with E-state index in [0.29, 0.717) is 0 Å². The van der Waals surface area contributed by atoms with Crippen LogP contribution in [0.2, 0.25) is 0 Å². The van der Waals surface area contributed by atoms with Crippen molar-refractivity contribution >= 4 is 22.5 Å². The third-order valence-corrected chi connectivity index (χ3v) is 5.52. The smallest absolute Gasteiger partial charge is 0.133 e. The highest BCUT2D eigenvalue weighted by Gasteiger charge is 2.35. The van der Waals surface area contributed by atoms with E-state index in [-0.39, 0.29) is 5.41 Å². The lowest BCUT2D eigenvalue weighted by molar-refractivity contribution is 0.213. The molecular formula is C18H23N3O2S. The second-order valence-corrected chi connectivity index (χ2v) is 7.64. The van der Waals surface area contributed by atoms with Gasteiger partial charge in [0.25, 0.3) is 0 Å². The van der Waals surface area contributed by atoms with Crippen molar-refractivity contribution in [2.75, 3.05) is 13.7 Å². The van der Waals surface area contributed by atoms with Gasteiger partial charge in [0.2, 0.25) is 0 Å². The van der Waals surface area contributed by atoms with E-state index < -0.39 is 0 Å². The molecule has 3 rings (SSSR count). The molecule has 0 saturated carbocycles. The predicted octanol–water partition coefficient (Wildman–Crippen LogP) is 4.43. The zero-order chi connectivity index (χ0) is 17.2. The van der Waals surface area contributed by atoms with Gasteiger partial charge in [0, 0.05) is 29.1 Å². The van der Waals surface area contributed by atoms with E-state index in [4.69, 9.17) is 9.57 Å². The van der Waals surface area contributed by atoms with Crippen LogP contribution in [0, 0.1) is 5.41 Å². The molecule has 0 unspecified atom stereocenters. The number of hydrogen-bond donors (Lipinski definition) is 0. The molecule has 5 nitrogen and oxygen atoms in total. The van der Waals surface area contributed by atoms with Crippen molar-refractivity contribution in [3.63, 3.8) is 0 Å². The number of ether oxygens (including phenoxy) is 1. The van der Waals surface area contributed by atoms with E-state index in [1.165, 1.54) is 10.5 Å². The molecule has 128 valence electrons. The lowest BCUT2D eigenvalue weighted by Crippen LogP contribution is -2.12. The van der Waals surface area contributed by atoms with E-state index >= 15 is 0 Å². The van der Waals surface area contributed by atoms with Crippen LogP contribution in [0.25, 0.3) is 5.03 Å². The molecule has 0 aromatic carbocycles. The van der Waals surface area contributed by atoms with Crippen molar-refractivity contribution in [2.24, 2.45) is 10.6 Å². The Morgan fingerprint density at radius 1 is 1.42 bits per heavy atom. The normalized spacial score (nSPS) is 23.6. The topological polar surface area (TPSA) is 48.6 Å². The van der Waals surface area contributed by atoms with Gasteiger partial charge in [0.05, 0.1) is 18.6 Å². The van der Waals surface area contributed by atoms with Crippen LogP contribution in [0.1, 0.15) is 33.6 Å². The maximum absolute atomic E-state index is 6.01. The molecule has 0 N–H and O–H groups in total. The van der Waals surface area contributed by atoms with E-state index in [1.54, 1.807) is 25.1 Å². The van der Waals surface area contributed by atoms with Gasteiger partial charge < -0.3 is 9.57 Å². The monoisotopic (exact) mass is 345 g/mol. The molecule has 2 aliphatic rings. The van der Waals surface area contributed by atoms with Gasteiger partial charge in [0.15, 0.2) is 0 Å². The summed E-state index contributed by atoms with van der Waals surface area (Å²) in [6.45, 7) is 7.36. The van der Waals surface area contributed by atoms with Crippen LogP contribution in [-0.4, -0.2) is 29.0 Å². The number of rotatable bonds is 4. The van der Waals surface area contributed by atoms with Crippen molar-refractivity contribution < 1.29 is 9.57 Å². The maximum Gasteiger partial charge on any atom is 0.133 e. The number of imidazole rings is 1. The second kappa shape index (κ2) is 6.89. The first-order valence-corrected chi connectivity index (χ1v) is 8.84. The first-order chi connectivity index (χ1) is 11.5. The number of thioether (sulfide) groups is 1. The predicted molar refractivity (Wildman–Crippen MR) is 98.3 cm³/mol. The Bertz CT molecular complexity index is 727. The highest BCUT2D eigenvalue weighted by molar-refractivity contribution is 8.11. The molecular weight excluding hydrogens is 322 g/mol. The molecule has 2 heterocycles. The minimum atomic E-state index is 0.0299. The Labute approximate surface area is 147 Å². The van der Waals surface area contributed by atoms with Gasteiger partial charge in [-0.1, -0.05) is 36.3 Å². The number of nitrogens with zero attached hydrogens (tertiary/aromatic N) is 3. The maximum atomic E-state index is 6.01. The number of oxime groups is 1. The summed E-state index contributed by atoms with van der Waals surface area (Å²) in [4.78, 5) is 10.3. The number of allylic oxidation sites excluding steroid dienone is 4. The standard InChI is InChI=1S/C18H23N3O2S/c1-13-11-14(20-22-4)5-6-15(13)24-17(21-9-8-19-12-21)16-18(2,3)7-10-23-16/h5-6,8-9,12H,7,10-11H2,1-4H3. The third-order valence-electron chi connectivity index (χ3n) is 4.23. The molecule has 1 aromatic heterocycles. The minimum absolute atomic E-state index is 0.0299. The van der Waals surface area contributed by atoms with Crippen LogP contribution in [0.15, 0.2) is 52.3 Å². The fourth-order valence-corrected chi connectivity index (χ4v) is 4.03. The first kappa shape index (κ1) is 16.9. The largest absolute Gasteiger partial charge is 0.495 e. The molecule has 24 heavy (non-hydrogen) atoms. The molecule has 0 bridgehead atoms. The molecule has 1 aliphatic heterocycles. The summed E-state index contributed by atoms with van der Waals surface area (Å²) in [7, 11) is 1.57. The van der Waals surface area contributed by atoms with E-state index in [1.807, 2.05) is 23.2 Å². The van der Waals surface area contributed by atoms with Gasteiger partial charge in [-0.15, -0.1) is 0 Å². The van der Waals surface area contributed by atoms with Crippen LogP contribution >= 0.6 is 11.8 Å². The fraction of sp³-hybridized carbons (Fsp3) is 0.444. The molecule has 1 aliphatic carbocycles. The lowest BCUT2D eigenvalue weighted by Gasteiger charge is -2.22. The van der Waals surface area contributed by atoms with Crippen LogP contribution in [0.3, 0.4) is 0 Å². The Morgan fingerprint density at radius 2 is 2.25 bits per heavy atom. The number of aromatic nitrogens is 2. The van der Waals surface area contributed by atoms with Crippen molar-refractivity contribution in [2.45, 2.75) is 33.6 Å². The van der Waals surface area contributed by atoms with Gasteiger partial charge in [0.1, 0.15) is 17.9 Å². The highest BCUT2D eigenvalue weighted by atomic mass is 32.2. The first-order valence-electron chi connectivity index (χ1n) is 8.03. The Hall–Kier alpha value is -1.95. The summed E-state index contributed by atoms with van der Waals surface area (Å²) in [5.74, 6) is 1.04. The van der Waals surface area contributed by atoms with Crippen molar-refractivity contribution in [1.29, 1.82) is 0 Å². The van der Waals surface area contributed by atoms with E-state index in [9.17, 15) is 0 Å². The highest BCUT2D eigenvalue weighted by Crippen LogP contribution is 2.46. The van der Waals surface area contributed by atoms with Crippen LogP contribution in [0.5, 0.6) is 0 Å². The molecule has 1 fully saturated rings. The van der Waals surface area contributed by atoms with E-state index in [0.717, 1.165) is 35.9 Å². The van der Waals surface area contributed by atoms with Gasteiger partial charge in [-0.2, -0.15) is 0 Å². The zero-order valence-corrected chi connectivity index (χ0v) is 15.4. The Balaban J connectivity index is 1.95. The average Bonchev–Trinajstić information content (AvgIpc) is 3.17. The zero-order valence-electron chi connectivity index (χ0n) is 14.6. The summed E-state index contributed by atoms with van der Waals surface area (Å²) in [5.41, 5.74) is 2.24. The van der Waals surface area contributed by atoms with Crippen LogP contribution in [-0.2, 0) is 9.57 Å². The average molecular weight is 345 g/mol. The molecule has 0 amide bonds. The second-order valence-electron chi connectivity index (χ2n) is 6.61.